The second-order valence-electron chi connectivity index (χ2n) is 9.66. The lowest BCUT2D eigenvalue weighted by molar-refractivity contribution is -0.126. The number of amidine groups is 1. The Hall–Kier alpha value is -5.03. The topological polar surface area (TPSA) is 113 Å². The van der Waals surface area contributed by atoms with Crippen molar-refractivity contribution in [2.24, 2.45) is 4.99 Å². The molecule has 1 fully saturated rings. The van der Waals surface area contributed by atoms with Crippen LogP contribution in [0.3, 0.4) is 0 Å². The van der Waals surface area contributed by atoms with Crippen LogP contribution in [0.1, 0.15) is 29.0 Å². The van der Waals surface area contributed by atoms with E-state index < -0.39 is 29.1 Å². The molecule has 1 unspecified atom stereocenters. The number of ether oxygens (including phenoxy) is 1. The van der Waals surface area contributed by atoms with Gasteiger partial charge in [0, 0.05) is 11.9 Å². The van der Waals surface area contributed by atoms with Crippen molar-refractivity contribution in [2.75, 3.05) is 5.32 Å². The van der Waals surface area contributed by atoms with E-state index in [0.29, 0.717) is 27.8 Å². The highest BCUT2D eigenvalue weighted by Gasteiger charge is 2.39. The van der Waals surface area contributed by atoms with Gasteiger partial charge in [-0.1, -0.05) is 66.4 Å². The van der Waals surface area contributed by atoms with Crippen LogP contribution in [0.5, 0.6) is 0 Å². The predicted octanol–water partition coefficient (Wildman–Crippen LogP) is 5.98. The fourth-order valence-electron chi connectivity index (χ4n) is 4.21. The van der Waals surface area contributed by atoms with E-state index in [9.17, 15) is 18.8 Å². The molecule has 43 heavy (non-hydrogen) atoms. The van der Waals surface area contributed by atoms with Gasteiger partial charge in [-0.25, -0.2) is 14.2 Å². The van der Waals surface area contributed by atoms with Crippen LogP contribution in [-0.2, 0) is 27.5 Å². The second kappa shape index (κ2) is 13.8. The Kier molecular flexibility index (Phi) is 9.42. The number of hydrogen-bond acceptors (Lipinski definition) is 7. The number of halogens is 1. The Morgan fingerprint density at radius 2 is 1.79 bits per heavy atom. The monoisotopic (exact) mass is 597 g/mol. The summed E-state index contributed by atoms with van der Waals surface area (Å²) >= 11 is 1.26. The summed E-state index contributed by atoms with van der Waals surface area (Å²) in [7, 11) is 0. The van der Waals surface area contributed by atoms with E-state index in [2.05, 4.69) is 20.6 Å². The summed E-state index contributed by atoms with van der Waals surface area (Å²) in [6, 6.07) is 26.6. The van der Waals surface area contributed by atoms with E-state index in [0.717, 1.165) is 5.56 Å². The van der Waals surface area contributed by atoms with Crippen molar-refractivity contribution >= 4 is 46.2 Å². The van der Waals surface area contributed by atoms with E-state index in [1.807, 2.05) is 42.5 Å². The first kappa shape index (κ1) is 29.5. The summed E-state index contributed by atoms with van der Waals surface area (Å²) in [6.07, 6.45) is 0.950. The highest BCUT2D eigenvalue weighted by Crippen LogP contribution is 2.41. The Balaban J connectivity index is 1.23. The predicted molar refractivity (Wildman–Crippen MR) is 163 cm³/mol. The number of alkyl carbamates (subject to hydrolysis) is 1. The number of nitrogens with zero attached hydrogens (tertiary/aromatic N) is 3. The second-order valence-corrected chi connectivity index (χ2v) is 10.7. The molecule has 2 heterocycles. The maximum atomic E-state index is 13.8. The minimum Gasteiger partial charge on any atom is -0.445 e. The average Bonchev–Trinajstić information content (AvgIpc) is 3.31. The quantitative estimate of drug-likeness (QED) is 0.246. The molecule has 0 radical (unpaired) electrons. The largest absolute Gasteiger partial charge is 0.445 e. The summed E-state index contributed by atoms with van der Waals surface area (Å²) in [6.45, 7) is 1.86. The summed E-state index contributed by atoms with van der Waals surface area (Å²) < 4.78 is 19.0. The number of carbonyl (C=O) groups excluding carboxylic acids is 3. The molecule has 4 aromatic rings. The highest BCUT2D eigenvalue weighted by atomic mass is 32.2. The number of nitrogens with one attached hydrogen (secondary N) is 2. The molecule has 3 aromatic carbocycles. The van der Waals surface area contributed by atoms with Gasteiger partial charge >= 0.3 is 6.09 Å². The van der Waals surface area contributed by atoms with Crippen LogP contribution in [0.15, 0.2) is 108 Å². The highest BCUT2D eigenvalue weighted by molar-refractivity contribution is 8.15. The number of amides is 3. The van der Waals surface area contributed by atoms with E-state index in [1.54, 1.807) is 60.5 Å². The minimum atomic E-state index is -0.850. The molecule has 2 N–H and O–H groups in total. The maximum absolute atomic E-state index is 13.8. The zero-order valence-electron chi connectivity index (χ0n) is 23.1. The molecule has 3 amide bonds. The first-order chi connectivity index (χ1) is 20.9. The first-order valence-corrected chi connectivity index (χ1v) is 14.3. The molecule has 0 bridgehead atoms. The molecule has 1 aromatic heterocycles. The van der Waals surface area contributed by atoms with Gasteiger partial charge in [-0.2, -0.15) is 0 Å². The molecule has 1 aliphatic heterocycles. The smallest absolute Gasteiger partial charge is 0.408 e. The average molecular weight is 598 g/mol. The van der Waals surface area contributed by atoms with Crippen molar-refractivity contribution in [1.82, 2.24) is 15.2 Å². The fraction of sp³-hybridized carbons (Fsp3) is 0.156. The van der Waals surface area contributed by atoms with Gasteiger partial charge in [-0.3, -0.25) is 19.5 Å². The zero-order valence-corrected chi connectivity index (χ0v) is 24.0. The number of benzene rings is 3. The van der Waals surface area contributed by atoms with Crippen molar-refractivity contribution in [1.29, 1.82) is 0 Å². The van der Waals surface area contributed by atoms with Crippen molar-refractivity contribution in [3.63, 3.8) is 0 Å². The van der Waals surface area contributed by atoms with E-state index in [-0.39, 0.29) is 19.1 Å². The van der Waals surface area contributed by atoms with Gasteiger partial charge in [0.15, 0.2) is 5.17 Å². The van der Waals surface area contributed by atoms with Gasteiger partial charge in [0.1, 0.15) is 23.7 Å². The van der Waals surface area contributed by atoms with Gasteiger partial charge in [0.25, 0.3) is 0 Å². The lowest BCUT2D eigenvalue weighted by atomic mass is 10.1. The summed E-state index contributed by atoms with van der Waals surface area (Å²) in [4.78, 5) is 48.8. The van der Waals surface area contributed by atoms with Crippen molar-refractivity contribution < 1.29 is 23.5 Å². The number of aliphatic imine (C=N–C) groups is 1. The van der Waals surface area contributed by atoms with E-state index in [1.165, 1.54) is 23.9 Å². The maximum Gasteiger partial charge on any atom is 0.408 e. The number of pyridine rings is 1. The molecule has 5 rings (SSSR count). The Bertz CT molecular complexity index is 1620. The summed E-state index contributed by atoms with van der Waals surface area (Å²) in [5.41, 5.74) is 3.12. The molecule has 0 spiro atoms. The molecule has 0 aliphatic carbocycles. The van der Waals surface area contributed by atoms with Crippen LogP contribution < -0.4 is 10.6 Å². The van der Waals surface area contributed by atoms with Gasteiger partial charge < -0.3 is 15.4 Å². The summed E-state index contributed by atoms with van der Waals surface area (Å²) in [5.74, 6) is -1.04. The van der Waals surface area contributed by atoms with Crippen molar-refractivity contribution in [2.45, 2.75) is 31.4 Å². The van der Waals surface area contributed by atoms with Gasteiger partial charge in [0.2, 0.25) is 11.8 Å². The third-order valence-corrected chi connectivity index (χ3v) is 7.68. The van der Waals surface area contributed by atoms with Gasteiger partial charge in [-0.05, 0) is 60.5 Å². The van der Waals surface area contributed by atoms with Gasteiger partial charge in [-0.15, -0.1) is 0 Å². The molecule has 1 aliphatic rings. The third kappa shape index (κ3) is 7.83. The standard InChI is InChI=1S/C32H28FN5O4S/c1-21(35-32(41)42-20-22-8-3-2-4-9-22)29(39)36-25-15-13-23(14-16-25)28-30(40)38(19-27-11-5-6-17-34-27)31(43-28)37-26-12-7-10-24(33)18-26/h2-18,21,28H,19-20H2,1H3,(H,35,41)(H,36,39)/t21-,28?/m0/s1. The molecular formula is C32H28FN5O4S. The SMILES string of the molecule is C[C@H](NC(=O)OCc1ccccc1)C(=O)Nc1ccc(C2SC(=Nc3cccc(F)c3)N(Cc3ccccn3)C2=O)cc1. The van der Waals surface area contributed by atoms with E-state index >= 15 is 0 Å². The molecular weight excluding hydrogens is 569 g/mol. The number of aromatic nitrogens is 1. The van der Waals surface area contributed by atoms with Crippen molar-refractivity contribution in [3.8, 4) is 0 Å². The van der Waals surface area contributed by atoms with Crippen LogP contribution in [0.25, 0.3) is 0 Å². The molecule has 11 heteroatoms. The Labute approximate surface area is 252 Å². The normalized spacial score (nSPS) is 16.1. The van der Waals surface area contributed by atoms with Crippen LogP contribution >= 0.6 is 11.8 Å². The fourth-order valence-corrected chi connectivity index (χ4v) is 5.38. The lowest BCUT2D eigenvalue weighted by Gasteiger charge is -2.16. The Morgan fingerprint density at radius 3 is 2.51 bits per heavy atom. The number of carbonyl (C=O) groups is 3. The lowest BCUT2D eigenvalue weighted by Crippen LogP contribution is -2.41. The first-order valence-electron chi connectivity index (χ1n) is 13.5. The third-order valence-electron chi connectivity index (χ3n) is 6.45. The summed E-state index contributed by atoms with van der Waals surface area (Å²) in [5, 5.41) is 5.11. The van der Waals surface area contributed by atoms with Crippen LogP contribution in [-0.4, -0.2) is 39.0 Å². The number of thioether (sulfide) groups is 1. The van der Waals surface area contributed by atoms with E-state index in [4.69, 9.17) is 4.74 Å². The molecule has 1 saturated heterocycles. The van der Waals surface area contributed by atoms with Gasteiger partial charge in [0.05, 0.1) is 17.9 Å². The zero-order chi connectivity index (χ0) is 30.2. The molecule has 2 atom stereocenters. The van der Waals surface area contributed by atoms with Crippen molar-refractivity contribution in [3.05, 3.63) is 126 Å². The number of rotatable bonds is 9. The molecule has 0 saturated carbocycles. The van der Waals surface area contributed by atoms with Crippen LogP contribution in [0.4, 0.5) is 20.6 Å². The molecule has 9 nitrogen and oxygen atoms in total. The van der Waals surface area contributed by atoms with Crippen LogP contribution in [0, 0.1) is 5.82 Å². The number of anilines is 1. The molecule has 218 valence electrons. The minimum absolute atomic E-state index is 0.0916. The van der Waals surface area contributed by atoms with Crippen LogP contribution in [0.2, 0.25) is 0 Å². The Morgan fingerprint density at radius 1 is 1.02 bits per heavy atom. The number of hydrogen-bond donors (Lipinski definition) is 2.